The topological polar surface area (TPSA) is 73.6 Å². The summed E-state index contributed by atoms with van der Waals surface area (Å²) in [6.07, 6.45) is 1.23. The molecule has 0 saturated carbocycles. The molecule has 0 spiro atoms. The predicted octanol–water partition coefficient (Wildman–Crippen LogP) is 1.63. The monoisotopic (exact) mass is 332 g/mol. The van der Waals surface area contributed by atoms with Crippen LogP contribution in [0.5, 0.6) is 5.75 Å². The summed E-state index contributed by atoms with van der Waals surface area (Å²) in [4.78, 5) is 12.4. The average Bonchev–Trinajstić information content (AvgIpc) is 2.53. The van der Waals surface area contributed by atoms with Crippen LogP contribution in [0.4, 0.5) is 4.39 Å². The summed E-state index contributed by atoms with van der Waals surface area (Å²) >= 11 is 0. The van der Waals surface area contributed by atoms with E-state index in [0.29, 0.717) is 38.2 Å². The number of halogens is 2. The van der Waals surface area contributed by atoms with Crippen LogP contribution in [0.3, 0.4) is 0 Å². The molecule has 22 heavy (non-hydrogen) atoms. The Kier molecular flexibility index (Phi) is 7.06. The molecule has 0 aliphatic carbocycles. The average molecular weight is 333 g/mol. The molecule has 0 atom stereocenters. The van der Waals surface area contributed by atoms with Gasteiger partial charge in [0.05, 0.1) is 12.5 Å². The zero-order valence-electron chi connectivity index (χ0n) is 12.6. The van der Waals surface area contributed by atoms with Crippen molar-refractivity contribution in [2.75, 3.05) is 26.9 Å². The van der Waals surface area contributed by atoms with Gasteiger partial charge in [0.2, 0.25) is 5.91 Å². The summed E-state index contributed by atoms with van der Waals surface area (Å²) in [5, 5.41) is 2.84. The number of nitrogens with one attached hydrogen (secondary N) is 1. The quantitative estimate of drug-likeness (QED) is 0.859. The fourth-order valence-corrected chi connectivity index (χ4v) is 2.48. The molecule has 0 aromatic heterocycles. The van der Waals surface area contributed by atoms with Gasteiger partial charge < -0.3 is 20.5 Å². The van der Waals surface area contributed by atoms with Crippen molar-refractivity contribution in [2.24, 2.45) is 11.1 Å². The summed E-state index contributed by atoms with van der Waals surface area (Å²) in [5.41, 5.74) is 5.89. The molecular formula is C15H22ClFN2O3. The van der Waals surface area contributed by atoms with Gasteiger partial charge in [-0.15, -0.1) is 12.4 Å². The number of amides is 1. The van der Waals surface area contributed by atoms with Gasteiger partial charge in [-0.05, 0) is 30.5 Å². The maximum Gasteiger partial charge on any atom is 0.227 e. The van der Waals surface area contributed by atoms with Crippen LogP contribution in [0.2, 0.25) is 0 Å². The molecule has 1 fully saturated rings. The van der Waals surface area contributed by atoms with Crippen molar-refractivity contribution in [2.45, 2.75) is 19.4 Å². The number of nitrogens with two attached hydrogens (primary N) is 1. The third-order valence-electron chi connectivity index (χ3n) is 3.99. The number of benzene rings is 1. The number of hydrogen-bond acceptors (Lipinski definition) is 4. The Bertz CT molecular complexity index is 508. The van der Waals surface area contributed by atoms with Crippen molar-refractivity contribution < 1.29 is 18.7 Å². The first-order valence-corrected chi connectivity index (χ1v) is 7.00. The summed E-state index contributed by atoms with van der Waals surface area (Å²) in [5.74, 6) is -0.346. The van der Waals surface area contributed by atoms with Crippen LogP contribution in [-0.4, -0.2) is 32.8 Å². The minimum Gasteiger partial charge on any atom is -0.494 e. The van der Waals surface area contributed by atoms with Crippen molar-refractivity contribution in [3.63, 3.8) is 0 Å². The van der Waals surface area contributed by atoms with Crippen LogP contribution >= 0.6 is 12.4 Å². The minimum atomic E-state index is -0.566. The van der Waals surface area contributed by atoms with E-state index in [1.807, 2.05) is 0 Å². The van der Waals surface area contributed by atoms with E-state index in [4.69, 9.17) is 15.2 Å². The van der Waals surface area contributed by atoms with Gasteiger partial charge in [-0.25, -0.2) is 4.39 Å². The molecule has 0 radical (unpaired) electrons. The Morgan fingerprint density at radius 1 is 1.45 bits per heavy atom. The van der Waals surface area contributed by atoms with E-state index >= 15 is 0 Å². The lowest BCUT2D eigenvalue weighted by molar-refractivity contribution is -0.136. The lowest BCUT2D eigenvalue weighted by Crippen LogP contribution is -2.48. The molecule has 0 unspecified atom stereocenters. The Hall–Kier alpha value is -1.37. The van der Waals surface area contributed by atoms with Crippen molar-refractivity contribution in [1.29, 1.82) is 0 Å². The highest BCUT2D eigenvalue weighted by molar-refractivity contribution is 5.85. The number of hydrogen-bond donors (Lipinski definition) is 2. The SMILES string of the molecule is COc1ccc(CNC(=O)C2(CN)CCOCC2)cc1F.Cl. The fourth-order valence-electron chi connectivity index (χ4n) is 2.48. The van der Waals surface area contributed by atoms with Gasteiger partial charge in [0, 0.05) is 26.3 Å². The van der Waals surface area contributed by atoms with Gasteiger partial charge in [-0.3, -0.25) is 4.79 Å². The summed E-state index contributed by atoms with van der Waals surface area (Å²) in [6, 6.07) is 4.63. The number of carbonyl (C=O) groups excluding carboxylic acids is 1. The maximum atomic E-state index is 13.6. The van der Waals surface area contributed by atoms with Gasteiger partial charge in [0.1, 0.15) is 0 Å². The zero-order chi connectivity index (χ0) is 15.3. The van der Waals surface area contributed by atoms with Gasteiger partial charge in [-0.1, -0.05) is 6.07 Å². The largest absolute Gasteiger partial charge is 0.494 e. The first-order chi connectivity index (χ1) is 10.1. The molecule has 2 rings (SSSR count). The van der Waals surface area contributed by atoms with Gasteiger partial charge >= 0.3 is 0 Å². The molecule has 7 heteroatoms. The smallest absolute Gasteiger partial charge is 0.227 e. The number of rotatable bonds is 5. The lowest BCUT2D eigenvalue weighted by atomic mass is 9.79. The Morgan fingerprint density at radius 3 is 2.68 bits per heavy atom. The third kappa shape index (κ3) is 4.09. The van der Waals surface area contributed by atoms with E-state index in [2.05, 4.69) is 5.32 Å². The molecule has 5 nitrogen and oxygen atoms in total. The van der Waals surface area contributed by atoms with Gasteiger partial charge in [-0.2, -0.15) is 0 Å². The maximum absolute atomic E-state index is 13.6. The Balaban J connectivity index is 0.00000242. The number of methoxy groups -OCH3 is 1. The second kappa shape index (κ2) is 8.31. The molecular weight excluding hydrogens is 311 g/mol. The van der Waals surface area contributed by atoms with Crippen LogP contribution in [-0.2, 0) is 16.1 Å². The minimum absolute atomic E-state index is 0. The molecule has 1 aromatic rings. The molecule has 1 aliphatic heterocycles. The first-order valence-electron chi connectivity index (χ1n) is 7.00. The highest BCUT2D eigenvalue weighted by Crippen LogP contribution is 2.29. The van der Waals surface area contributed by atoms with E-state index in [9.17, 15) is 9.18 Å². The highest BCUT2D eigenvalue weighted by atomic mass is 35.5. The van der Waals surface area contributed by atoms with E-state index < -0.39 is 11.2 Å². The summed E-state index contributed by atoms with van der Waals surface area (Å²) < 4.78 is 23.7. The Morgan fingerprint density at radius 2 is 2.14 bits per heavy atom. The van der Waals surface area contributed by atoms with Crippen LogP contribution in [0.1, 0.15) is 18.4 Å². The summed E-state index contributed by atoms with van der Waals surface area (Å²) in [6.45, 7) is 1.64. The van der Waals surface area contributed by atoms with Crippen LogP contribution in [0.25, 0.3) is 0 Å². The molecule has 0 bridgehead atoms. The molecule has 1 aromatic carbocycles. The number of ether oxygens (including phenoxy) is 2. The molecule has 124 valence electrons. The van der Waals surface area contributed by atoms with Crippen molar-refractivity contribution in [3.05, 3.63) is 29.6 Å². The van der Waals surface area contributed by atoms with E-state index in [-0.39, 0.29) is 30.6 Å². The highest BCUT2D eigenvalue weighted by Gasteiger charge is 2.38. The lowest BCUT2D eigenvalue weighted by Gasteiger charge is -2.34. The Labute approximate surface area is 135 Å². The standard InChI is InChI=1S/C15H21FN2O3.ClH/c1-20-13-3-2-11(8-12(13)16)9-18-14(19)15(10-17)4-6-21-7-5-15;/h2-3,8H,4-7,9-10,17H2,1H3,(H,18,19);1H. The molecule has 1 amide bonds. The van der Waals surface area contributed by atoms with E-state index in [1.54, 1.807) is 12.1 Å². The molecule has 3 N–H and O–H groups in total. The fraction of sp³-hybridized carbons (Fsp3) is 0.533. The predicted molar refractivity (Wildman–Crippen MR) is 83.6 cm³/mol. The summed E-state index contributed by atoms with van der Waals surface area (Å²) in [7, 11) is 1.41. The van der Waals surface area contributed by atoms with Crippen LogP contribution in [0.15, 0.2) is 18.2 Å². The van der Waals surface area contributed by atoms with E-state index in [1.165, 1.54) is 13.2 Å². The van der Waals surface area contributed by atoms with Crippen molar-refractivity contribution in [1.82, 2.24) is 5.32 Å². The second-order valence-corrected chi connectivity index (χ2v) is 5.25. The first kappa shape index (κ1) is 18.7. The molecule has 1 aliphatic rings. The zero-order valence-corrected chi connectivity index (χ0v) is 13.4. The number of carbonyl (C=O) groups is 1. The molecule has 1 saturated heterocycles. The third-order valence-corrected chi connectivity index (χ3v) is 3.99. The van der Waals surface area contributed by atoms with E-state index in [0.717, 1.165) is 0 Å². The van der Waals surface area contributed by atoms with Gasteiger partial charge in [0.25, 0.3) is 0 Å². The second-order valence-electron chi connectivity index (χ2n) is 5.25. The normalized spacial score (nSPS) is 16.5. The van der Waals surface area contributed by atoms with Gasteiger partial charge in [0.15, 0.2) is 11.6 Å². The van der Waals surface area contributed by atoms with Crippen molar-refractivity contribution >= 4 is 18.3 Å². The van der Waals surface area contributed by atoms with Crippen LogP contribution in [0, 0.1) is 11.2 Å². The van der Waals surface area contributed by atoms with Crippen molar-refractivity contribution in [3.8, 4) is 5.75 Å². The van der Waals surface area contributed by atoms with Crippen LogP contribution < -0.4 is 15.8 Å². The molecule has 1 heterocycles.